The summed E-state index contributed by atoms with van der Waals surface area (Å²) in [6.07, 6.45) is 2.43. The van der Waals surface area contributed by atoms with Crippen LogP contribution >= 0.6 is 46.4 Å². The lowest BCUT2D eigenvalue weighted by Crippen LogP contribution is -2.61. The lowest BCUT2D eigenvalue weighted by atomic mass is 9.82. The normalized spacial score (nSPS) is 19.2. The lowest BCUT2D eigenvalue weighted by Gasteiger charge is -2.44. The molecule has 2 heterocycles. The van der Waals surface area contributed by atoms with Crippen LogP contribution in [0, 0.1) is 5.82 Å². The molecule has 242 valence electrons. The number of amides is 2. The molecule has 3 aromatic carbocycles. The summed E-state index contributed by atoms with van der Waals surface area (Å²) in [4.78, 5) is 30.7. The molecular weight excluding hydrogens is 675 g/mol. The number of fused-ring (bicyclic) bond motifs is 2. The lowest BCUT2D eigenvalue weighted by molar-refractivity contribution is -0.132. The maximum atomic E-state index is 14.5. The van der Waals surface area contributed by atoms with Crippen LogP contribution in [0.1, 0.15) is 37.3 Å². The molecule has 12 heteroatoms. The van der Waals surface area contributed by atoms with Gasteiger partial charge in [0.05, 0.1) is 26.1 Å². The molecule has 0 aromatic heterocycles. The largest absolute Gasteiger partial charge is 0.490 e. The number of nitrogens with zero attached hydrogens (tertiary/aromatic N) is 2. The fourth-order valence-electron chi connectivity index (χ4n) is 6.11. The molecule has 7 nitrogen and oxygen atoms in total. The molecule has 0 spiro atoms. The van der Waals surface area contributed by atoms with Crippen molar-refractivity contribution >= 4 is 63.8 Å². The van der Waals surface area contributed by atoms with Crippen molar-refractivity contribution in [1.29, 1.82) is 0 Å². The topological polar surface area (TPSA) is 71.1 Å². The van der Waals surface area contributed by atoms with Gasteiger partial charge in [-0.1, -0.05) is 70.7 Å². The van der Waals surface area contributed by atoms with Gasteiger partial charge in [0.15, 0.2) is 5.75 Å². The Morgan fingerprint density at radius 1 is 0.957 bits per heavy atom. The van der Waals surface area contributed by atoms with Crippen molar-refractivity contribution in [2.75, 3.05) is 26.3 Å². The van der Waals surface area contributed by atoms with Crippen LogP contribution in [-0.4, -0.2) is 66.0 Å². The Bertz CT molecular complexity index is 1660. The van der Waals surface area contributed by atoms with Crippen molar-refractivity contribution in [3.63, 3.8) is 0 Å². The number of hydrogen-bond donors (Lipinski definition) is 1. The number of ether oxygens (including phenoxy) is 2. The molecule has 6 rings (SSSR count). The quantitative estimate of drug-likeness (QED) is 0.222. The van der Waals surface area contributed by atoms with Gasteiger partial charge < -0.3 is 24.6 Å². The van der Waals surface area contributed by atoms with Gasteiger partial charge in [-0.2, -0.15) is 0 Å². The van der Waals surface area contributed by atoms with Gasteiger partial charge in [-0.3, -0.25) is 9.59 Å². The molecule has 1 aliphatic carbocycles. The monoisotopic (exact) mass is 705 g/mol. The van der Waals surface area contributed by atoms with E-state index in [4.69, 9.17) is 55.9 Å². The summed E-state index contributed by atoms with van der Waals surface area (Å²) < 4.78 is 25.0. The summed E-state index contributed by atoms with van der Waals surface area (Å²) in [7, 11) is 0. The summed E-state index contributed by atoms with van der Waals surface area (Å²) in [5, 5.41) is 4.68. The molecule has 3 aliphatic rings. The van der Waals surface area contributed by atoms with Crippen LogP contribution in [0.2, 0.25) is 20.1 Å². The summed E-state index contributed by atoms with van der Waals surface area (Å²) in [6, 6.07) is 15.2. The van der Waals surface area contributed by atoms with Crippen LogP contribution in [0.4, 0.5) is 4.39 Å². The van der Waals surface area contributed by atoms with E-state index in [9.17, 15) is 14.0 Å². The predicted molar refractivity (Wildman–Crippen MR) is 178 cm³/mol. The first-order valence-corrected chi connectivity index (χ1v) is 16.6. The first-order chi connectivity index (χ1) is 22.1. The van der Waals surface area contributed by atoms with Crippen LogP contribution in [0.15, 0.2) is 60.2 Å². The van der Waals surface area contributed by atoms with E-state index in [0.717, 1.165) is 41.7 Å². The molecule has 2 atom stereocenters. The van der Waals surface area contributed by atoms with Gasteiger partial charge >= 0.3 is 0 Å². The Balaban J connectivity index is 1.23. The Morgan fingerprint density at radius 3 is 2.33 bits per heavy atom. The molecular formula is C34H32Cl4FN3O4. The van der Waals surface area contributed by atoms with E-state index in [2.05, 4.69) is 5.32 Å². The van der Waals surface area contributed by atoms with Crippen molar-refractivity contribution in [3.8, 4) is 11.5 Å². The molecule has 0 radical (unpaired) electrons. The molecule has 2 amide bonds. The van der Waals surface area contributed by atoms with Crippen molar-refractivity contribution in [2.45, 2.75) is 50.9 Å². The summed E-state index contributed by atoms with van der Waals surface area (Å²) in [5.74, 6) is 0.198. The smallest absolute Gasteiger partial charge is 0.252 e. The summed E-state index contributed by atoms with van der Waals surface area (Å²) >= 11 is 25.0. The Hall–Kier alpha value is -3.01. The Labute approximate surface area is 287 Å². The Morgan fingerprint density at radius 2 is 1.65 bits per heavy atom. The van der Waals surface area contributed by atoms with Crippen LogP contribution in [0.3, 0.4) is 0 Å². The maximum Gasteiger partial charge on any atom is 0.252 e. The molecule has 3 aromatic rings. The highest BCUT2D eigenvalue weighted by Gasteiger charge is 2.43. The molecule has 2 fully saturated rings. The van der Waals surface area contributed by atoms with Gasteiger partial charge in [0, 0.05) is 44.2 Å². The molecule has 1 saturated heterocycles. The van der Waals surface area contributed by atoms with Crippen LogP contribution in [-0.2, 0) is 16.1 Å². The highest BCUT2D eigenvalue weighted by Crippen LogP contribution is 2.39. The Kier molecular flexibility index (Phi) is 10.0. The fraction of sp³-hybridized carbons (Fsp3) is 0.353. The van der Waals surface area contributed by atoms with Crippen LogP contribution in [0.5, 0.6) is 11.5 Å². The molecule has 2 aliphatic heterocycles. The SMILES string of the molecule is CC(=O)N1C[C@H]2CC(c3ccc(OCCOc4c(Cl)cc(F)cc4Cl)cc3)=C(C(=O)N(Cc3cccc(Cl)c3Cl)C3CC3)[C@@H](C1)N2. The number of rotatable bonds is 10. The fourth-order valence-corrected chi connectivity index (χ4v) is 7.06. The average molecular weight is 707 g/mol. The minimum atomic E-state index is -0.544. The molecule has 1 N–H and O–H groups in total. The zero-order valence-corrected chi connectivity index (χ0v) is 28.0. The number of carbonyl (C=O) groups is 2. The van der Waals surface area contributed by atoms with E-state index in [0.29, 0.717) is 47.4 Å². The van der Waals surface area contributed by atoms with E-state index in [1.807, 2.05) is 46.2 Å². The van der Waals surface area contributed by atoms with E-state index in [1.54, 1.807) is 13.0 Å². The standard InChI is InChI=1S/C34H32Cl4FN3O4/c1-19(43)41-17-23-15-26(20-5-9-25(10-6-20)45-11-12-46-33-28(36)13-22(39)14-29(33)37)31(30(18-41)40-23)34(44)42(24-7-8-24)16-21-3-2-4-27(35)32(21)38/h2-6,9-10,13-14,23-24,30,40H,7-8,11-12,15-18H2,1H3/t23-,30-/m1/s1. The third-order valence-corrected chi connectivity index (χ3v) is 9.89. The van der Waals surface area contributed by atoms with Crippen molar-refractivity contribution in [2.24, 2.45) is 0 Å². The zero-order chi connectivity index (χ0) is 32.5. The molecule has 46 heavy (non-hydrogen) atoms. The number of halogens is 5. The molecule has 2 bridgehead atoms. The van der Waals surface area contributed by atoms with Gasteiger partial charge in [0.2, 0.25) is 5.91 Å². The van der Waals surface area contributed by atoms with Crippen LogP contribution < -0.4 is 14.8 Å². The second-order valence-corrected chi connectivity index (χ2v) is 13.3. The van der Waals surface area contributed by atoms with Gasteiger partial charge in [0.25, 0.3) is 5.91 Å². The van der Waals surface area contributed by atoms with E-state index in [-0.39, 0.29) is 58.9 Å². The van der Waals surface area contributed by atoms with Crippen molar-refractivity contribution in [3.05, 3.63) is 97.2 Å². The van der Waals surface area contributed by atoms with Gasteiger partial charge in [-0.05, 0) is 66.3 Å². The third kappa shape index (κ3) is 7.26. The van der Waals surface area contributed by atoms with Gasteiger partial charge in [0.1, 0.15) is 24.8 Å². The minimum Gasteiger partial charge on any atom is -0.490 e. The van der Waals surface area contributed by atoms with E-state index >= 15 is 0 Å². The molecule has 0 unspecified atom stereocenters. The number of carbonyl (C=O) groups excluding carboxylic acids is 2. The van der Waals surface area contributed by atoms with E-state index in [1.165, 1.54) is 0 Å². The second-order valence-electron chi connectivity index (χ2n) is 11.7. The predicted octanol–water partition coefficient (Wildman–Crippen LogP) is 7.43. The van der Waals surface area contributed by atoms with Crippen LogP contribution in [0.25, 0.3) is 5.57 Å². The van der Waals surface area contributed by atoms with E-state index < -0.39 is 5.82 Å². The number of piperazine rings is 1. The third-order valence-electron chi connectivity index (χ3n) is 8.47. The second kappa shape index (κ2) is 14.0. The minimum absolute atomic E-state index is 0.00837. The van der Waals surface area contributed by atoms with Gasteiger partial charge in [-0.15, -0.1) is 0 Å². The molecule has 1 saturated carbocycles. The highest BCUT2D eigenvalue weighted by molar-refractivity contribution is 6.42. The van der Waals surface area contributed by atoms with Crippen molar-refractivity contribution < 1.29 is 23.5 Å². The maximum absolute atomic E-state index is 14.5. The highest BCUT2D eigenvalue weighted by atomic mass is 35.5. The number of benzene rings is 3. The average Bonchev–Trinajstić information content (AvgIpc) is 3.86. The summed E-state index contributed by atoms with van der Waals surface area (Å²) in [5.41, 5.74) is 3.34. The first-order valence-electron chi connectivity index (χ1n) is 15.1. The zero-order valence-electron chi connectivity index (χ0n) is 25.0. The number of nitrogens with one attached hydrogen (secondary N) is 1. The first kappa shape index (κ1) is 32.9. The van der Waals surface area contributed by atoms with Crippen molar-refractivity contribution in [1.82, 2.24) is 15.1 Å². The number of hydrogen-bond acceptors (Lipinski definition) is 5. The summed E-state index contributed by atoms with van der Waals surface area (Å²) in [6.45, 7) is 3.24. The van der Waals surface area contributed by atoms with Gasteiger partial charge in [-0.25, -0.2) is 4.39 Å².